The van der Waals surface area contributed by atoms with Gasteiger partial charge in [-0.2, -0.15) is 4.37 Å². The molecular weight excluding hydrogens is 302 g/mol. The molecule has 2 heterocycles. The Labute approximate surface area is 130 Å². The van der Waals surface area contributed by atoms with Crippen molar-refractivity contribution >= 4 is 21.7 Å². The summed E-state index contributed by atoms with van der Waals surface area (Å²) in [5.74, 6) is 0.662. The van der Waals surface area contributed by atoms with Gasteiger partial charge in [-0.1, -0.05) is 12.1 Å². The molecule has 0 aliphatic rings. The van der Waals surface area contributed by atoms with E-state index >= 15 is 0 Å². The lowest BCUT2D eigenvalue weighted by Crippen LogP contribution is -2.23. The molecule has 0 amide bonds. The zero-order valence-electron chi connectivity index (χ0n) is 12.2. The highest BCUT2D eigenvalue weighted by Crippen LogP contribution is 2.21. The normalized spacial score (nSPS) is 12.5. The predicted molar refractivity (Wildman–Crippen MR) is 84.4 cm³/mol. The molecule has 1 atom stereocenters. The van der Waals surface area contributed by atoms with Crippen molar-refractivity contribution in [3.8, 4) is 5.75 Å². The summed E-state index contributed by atoms with van der Waals surface area (Å²) in [6.45, 7) is 1.91. The number of hydrogen-bond donors (Lipinski definition) is 1. The van der Waals surface area contributed by atoms with Crippen molar-refractivity contribution in [2.24, 2.45) is 0 Å². The number of aromatic nitrogens is 3. The van der Waals surface area contributed by atoms with Crippen molar-refractivity contribution in [3.05, 3.63) is 52.2 Å². The van der Waals surface area contributed by atoms with Gasteiger partial charge >= 0.3 is 0 Å². The lowest BCUT2D eigenvalue weighted by Gasteiger charge is -2.13. The average Bonchev–Trinajstić information content (AvgIpc) is 2.92. The third kappa shape index (κ3) is 2.60. The molecule has 6 nitrogen and oxygen atoms in total. The lowest BCUT2D eigenvalue weighted by molar-refractivity contribution is 0.154. The van der Waals surface area contributed by atoms with Crippen LogP contribution >= 0.6 is 11.5 Å². The van der Waals surface area contributed by atoms with Crippen LogP contribution in [0.2, 0.25) is 0 Å². The van der Waals surface area contributed by atoms with Gasteiger partial charge in [-0.05, 0) is 36.2 Å². The summed E-state index contributed by atoms with van der Waals surface area (Å²) in [5, 5.41) is 10.9. The van der Waals surface area contributed by atoms with E-state index in [9.17, 15) is 9.90 Å². The van der Waals surface area contributed by atoms with E-state index in [1.807, 2.05) is 0 Å². The summed E-state index contributed by atoms with van der Waals surface area (Å²) >= 11 is 1.20. The maximum absolute atomic E-state index is 12.5. The minimum Gasteiger partial charge on any atom is -0.497 e. The van der Waals surface area contributed by atoms with Gasteiger partial charge in [0.15, 0.2) is 4.83 Å². The Morgan fingerprint density at radius 1 is 1.45 bits per heavy atom. The monoisotopic (exact) mass is 317 g/mol. The zero-order chi connectivity index (χ0) is 15.7. The van der Waals surface area contributed by atoms with Gasteiger partial charge in [0.25, 0.3) is 5.56 Å². The number of hydrogen-bond acceptors (Lipinski definition) is 6. The van der Waals surface area contributed by atoms with Crippen LogP contribution in [0, 0.1) is 6.92 Å². The van der Waals surface area contributed by atoms with Gasteiger partial charge in [0.05, 0.1) is 37.2 Å². The van der Waals surface area contributed by atoms with Crippen LogP contribution in [0.25, 0.3) is 10.2 Å². The van der Waals surface area contributed by atoms with Crippen molar-refractivity contribution in [1.82, 2.24) is 13.9 Å². The Balaban J connectivity index is 1.93. The molecule has 0 spiro atoms. The van der Waals surface area contributed by atoms with E-state index in [4.69, 9.17) is 4.74 Å². The molecule has 2 aromatic heterocycles. The van der Waals surface area contributed by atoms with Crippen LogP contribution in [0.1, 0.15) is 17.4 Å². The van der Waals surface area contributed by atoms with Crippen molar-refractivity contribution < 1.29 is 9.84 Å². The number of benzene rings is 1. The van der Waals surface area contributed by atoms with Crippen molar-refractivity contribution in [1.29, 1.82) is 0 Å². The predicted octanol–water partition coefficient (Wildman–Crippen LogP) is 1.90. The van der Waals surface area contributed by atoms with Gasteiger partial charge in [-0.25, -0.2) is 4.98 Å². The number of aryl methyl sites for hydroxylation is 1. The number of fused-ring (bicyclic) bond motifs is 1. The second kappa shape index (κ2) is 5.86. The van der Waals surface area contributed by atoms with Gasteiger partial charge in [-0.3, -0.25) is 9.36 Å². The van der Waals surface area contributed by atoms with E-state index in [-0.39, 0.29) is 12.1 Å². The van der Waals surface area contributed by atoms with Crippen molar-refractivity contribution in [2.45, 2.75) is 19.6 Å². The van der Waals surface area contributed by atoms with Gasteiger partial charge in [-0.15, -0.1) is 0 Å². The third-order valence-electron chi connectivity index (χ3n) is 3.48. The van der Waals surface area contributed by atoms with Crippen LogP contribution in [-0.4, -0.2) is 26.1 Å². The van der Waals surface area contributed by atoms with E-state index in [1.165, 1.54) is 22.4 Å². The average molecular weight is 317 g/mol. The van der Waals surface area contributed by atoms with Gasteiger partial charge in [0, 0.05) is 0 Å². The molecular formula is C15H15N3O3S. The first-order chi connectivity index (χ1) is 10.6. The molecule has 1 aromatic carbocycles. The number of methoxy groups -OCH3 is 1. The van der Waals surface area contributed by atoms with Gasteiger partial charge in [0.1, 0.15) is 5.75 Å². The SMILES string of the molecule is COc1cccc(C(O)Cn2cnc3snc(C)c3c2=O)c1. The standard InChI is InChI=1S/C15H15N3O3S/c1-9-13-14(22-17-9)16-8-18(15(13)20)7-12(19)10-4-3-5-11(6-10)21-2/h3-6,8,12,19H,7H2,1-2H3. The van der Waals surface area contributed by atoms with Crippen LogP contribution in [0.4, 0.5) is 0 Å². The first-order valence-electron chi connectivity index (χ1n) is 6.73. The molecule has 0 bridgehead atoms. The Hall–Kier alpha value is -2.25. The van der Waals surface area contributed by atoms with Crippen LogP contribution in [0.15, 0.2) is 35.4 Å². The second-order valence-electron chi connectivity index (χ2n) is 4.94. The van der Waals surface area contributed by atoms with E-state index in [2.05, 4.69) is 9.36 Å². The van der Waals surface area contributed by atoms with E-state index in [0.29, 0.717) is 27.2 Å². The van der Waals surface area contributed by atoms with E-state index in [1.54, 1.807) is 38.3 Å². The lowest BCUT2D eigenvalue weighted by atomic mass is 10.1. The molecule has 7 heteroatoms. The Morgan fingerprint density at radius 2 is 2.27 bits per heavy atom. The third-order valence-corrected chi connectivity index (χ3v) is 4.33. The fraction of sp³-hybridized carbons (Fsp3) is 0.267. The van der Waals surface area contributed by atoms with Crippen LogP contribution in [-0.2, 0) is 6.54 Å². The largest absolute Gasteiger partial charge is 0.497 e. The summed E-state index contributed by atoms with van der Waals surface area (Å²) in [5.41, 5.74) is 1.17. The van der Waals surface area contributed by atoms with Gasteiger partial charge in [0.2, 0.25) is 0 Å². The summed E-state index contributed by atoms with van der Waals surface area (Å²) in [4.78, 5) is 17.3. The fourth-order valence-electron chi connectivity index (χ4n) is 2.28. The molecule has 22 heavy (non-hydrogen) atoms. The number of nitrogens with zero attached hydrogens (tertiary/aromatic N) is 3. The molecule has 3 rings (SSSR count). The molecule has 0 fully saturated rings. The maximum atomic E-state index is 12.5. The zero-order valence-corrected chi connectivity index (χ0v) is 13.0. The van der Waals surface area contributed by atoms with E-state index < -0.39 is 6.10 Å². The summed E-state index contributed by atoms with van der Waals surface area (Å²) in [6, 6.07) is 7.14. The van der Waals surface area contributed by atoms with E-state index in [0.717, 1.165) is 0 Å². The molecule has 114 valence electrons. The molecule has 0 aliphatic heterocycles. The summed E-state index contributed by atoms with van der Waals surface area (Å²) in [6.07, 6.45) is 0.630. The Morgan fingerprint density at radius 3 is 3.05 bits per heavy atom. The number of aliphatic hydroxyl groups is 1. The van der Waals surface area contributed by atoms with Crippen LogP contribution in [0.3, 0.4) is 0 Å². The minimum atomic E-state index is -0.820. The van der Waals surface area contributed by atoms with Crippen LogP contribution < -0.4 is 10.3 Å². The quantitative estimate of drug-likeness (QED) is 0.795. The smallest absolute Gasteiger partial charge is 0.264 e. The molecule has 3 aromatic rings. The highest BCUT2D eigenvalue weighted by atomic mass is 32.1. The molecule has 0 radical (unpaired) electrons. The minimum absolute atomic E-state index is 0.129. The number of rotatable bonds is 4. The molecule has 0 saturated heterocycles. The highest BCUT2D eigenvalue weighted by molar-refractivity contribution is 7.12. The summed E-state index contributed by atoms with van der Waals surface area (Å²) < 4.78 is 10.7. The number of ether oxygens (including phenoxy) is 1. The topological polar surface area (TPSA) is 77.2 Å². The molecule has 1 N–H and O–H groups in total. The Bertz CT molecular complexity index is 872. The van der Waals surface area contributed by atoms with Crippen molar-refractivity contribution in [3.63, 3.8) is 0 Å². The molecule has 0 saturated carbocycles. The first-order valence-corrected chi connectivity index (χ1v) is 7.51. The summed E-state index contributed by atoms with van der Waals surface area (Å²) in [7, 11) is 1.57. The van der Waals surface area contributed by atoms with Gasteiger partial charge < -0.3 is 9.84 Å². The first kappa shape index (κ1) is 14.7. The second-order valence-corrected chi connectivity index (χ2v) is 5.69. The maximum Gasteiger partial charge on any atom is 0.264 e. The number of aliphatic hydroxyl groups excluding tert-OH is 1. The van der Waals surface area contributed by atoms with Crippen LogP contribution in [0.5, 0.6) is 5.75 Å². The highest BCUT2D eigenvalue weighted by Gasteiger charge is 2.14. The molecule has 1 unspecified atom stereocenters. The molecule has 0 aliphatic carbocycles. The Kier molecular flexibility index (Phi) is 3.91. The fourth-order valence-corrected chi connectivity index (χ4v) is 3.02. The van der Waals surface area contributed by atoms with Crippen molar-refractivity contribution in [2.75, 3.05) is 7.11 Å².